The number of carbonyl (C=O) groups excluding carboxylic acids is 1. The number of para-hydroxylation sites is 1. The number of fused-ring (bicyclic) bond motifs is 3. The molecular formula is C22H18N2O5S. The summed E-state index contributed by atoms with van der Waals surface area (Å²) in [6.07, 6.45) is 1.57. The van der Waals surface area contributed by atoms with E-state index >= 15 is 0 Å². The molecule has 30 heavy (non-hydrogen) atoms. The highest BCUT2D eigenvalue weighted by molar-refractivity contribution is 7.21. The maximum Gasteiger partial charge on any atom is 0.345 e. The second kappa shape index (κ2) is 8.10. The van der Waals surface area contributed by atoms with Crippen LogP contribution in [0.2, 0.25) is 0 Å². The van der Waals surface area contributed by atoms with Gasteiger partial charge in [-0.05, 0) is 35.7 Å². The van der Waals surface area contributed by atoms with Crippen molar-refractivity contribution in [2.75, 3.05) is 25.2 Å². The summed E-state index contributed by atoms with van der Waals surface area (Å²) in [6.45, 7) is 0.661. The number of carbonyl (C=O) groups is 2. The van der Waals surface area contributed by atoms with Crippen molar-refractivity contribution in [3.63, 3.8) is 0 Å². The Morgan fingerprint density at radius 1 is 1.13 bits per heavy atom. The predicted molar refractivity (Wildman–Crippen MR) is 116 cm³/mol. The number of benzene rings is 1. The SMILES string of the molecule is COCCN(C(=O)c1ccc(=O)n2ccc3cc(C(=O)O)sc3c12)c1ccccc1. The van der Waals surface area contributed by atoms with Crippen LogP contribution >= 0.6 is 11.3 Å². The molecule has 0 unspecified atom stereocenters. The first-order valence-corrected chi connectivity index (χ1v) is 10.00. The number of hydrogen-bond donors (Lipinski definition) is 1. The fourth-order valence-corrected chi connectivity index (χ4v) is 4.41. The normalized spacial score (nSPS) is 11.1. The van der Waals surface area contributed by atoms with Gasteiger partial charge in [-0.1, -0.05) is 18.2 Å². The molecule has 0 aliphatic rings. The summed E-state index contributed by atoms with van der Waals surface area (Å²) in [4.78, 5) is 39.3. The first-order valence-electron chi connectivity index (χ1n) is 9.18. The Bertz CT molecular complexity index is 1310. The van der Waals surface area contributed by atoms with E-state index in [2.05, 4.69) is 0 Å². The Hall–Kier alpha value is -3.49. The number of thiophene rings is 1. The lowest BCUT2D eigenvalue weighted by molar-refractivity contribution is 0.0702. The summed E-state index contributed by atoms with van der Waals surface area (Å²) in [6, 6.07) is 15.3. The van der Waals surface area contributed by atoms with Gasteiger partial charge < -0.3 is 14.7 Å². The van der Waals surface area contributed by atoms with Crippen LogP contribution < -0.4 is 10.5 Å². The molecule has 0 bridgehead atoms. The Labute approximate surface area is 175 Å². The zero-order valence-electron chi connectivity index (χ0n) is 16.1. The van der Waals surface area contributed by atoms with Gasteiger partial charge in [-0.3, -0.25) is 14.0 Å². The largest absolute Gasteiger partial charge is 0.477 e. The molecular weight excluding hydrogens is 404 g/mol. The van der Waals surface area contributed by atoms with Crippen LogP contribution in [0.5, 0.6) is 0 Å². The molecule has 8 heteroatoms. The molecule has 1 amide bonds. The topological polar surface area (TPSA) is 88.3 Å². The number of carboxylic acids is 1. The van der Waals surface area contributed by atoms with Gasteiger partial charge in [0.15, 0.2) is 0 Å². The standard InChI is InChI=1S/C22H18N2O5S/c1-29-12-11-23(15-5-3-2-4-6-15)21(26)16-7-8-18(25)24-10-9-14-13-17(22(27)28)30-20(14)19(16)24/h2-10,13H,11-12H2,1H3,(H,27,28). The van der Waals surface area contributed by atoms with Crippen molar-refractivity contribution < 1.29 is 19.4 Å². The predicted octanol–water partition coefficient (Wildman–Crippen LogP) is 3.51. The van der Waals surface area contributed by atoms with Gasteiger partial charge >= 0.3 is 5.97 Å². The summed E-state index contributed by atoms with van der Waals surface area (Å²) >= 11 is 1.05. The molecule has 1 aromatic carbocycles. The Morgan fingerprint density at radius 2 is 1.90 bits per heavy atom. The molecule has 0 spiro atoms. The van der Waals surface area contributed by atoms with E-state index in [4.69, 9.17) is 4.74 Å². The van der Waals surface area contributed by atoms with E-state index < -0.39 is 5.97 Å². The molecule has 0 aliphatic carbocycles. The molecule has 3 aromatic heterocycles. The number of carboxylic acid groups (broad SMARTS) is 1. The van der Waals surface area contributed by atoms with E-state index in [9.17, 15) is 19.5 Å². The number of methoxy groups -OCH3 is 1. The third-order valence-electron chi connectivity index (χ3n) is 4.78. The van der Waals surface area contributed by atoms with Crippen molar-refractivity contribution >= 4 is 44.5 Å². The fourth-order valence-electron chi connectivity index (χ4n) is 3.36. The zero-order chi connectivity index (χ0) is 21.3. The van der Waals surface area contributed by atoms with Crippen LogP contribution in [0.15, 0.2) is 65.6 Å². The molecule has 0 saturated carbocycles. The van der Waals surface area contributed by atoms with Crippen LogP contribution in [0.4, 0.5) is 5.69 Å². The van der Waals surface area contributed by atoms with E-state index in [1.165, 1.54) is 16.5 Å². The average Bonchev–Trinajstić information content (AvgIpc) is 3.20. The van der Waals surface area contributed by atoms with Crippen LogP contribution in [-0.4, -0.2) is 41.6 Å². The summed E-state index contributed by atoms with van der Waals surface area (Å²) in [7, 11) is 1.56. The molecule has 4 aromatic rings. The number of ether oxygens (including phenoxy) is 1. The lowest BCUT2D eigenvalue weighted by Crippen LogP contribution is -2.34. The number of amides is 1. The van der Waals surface area contributed by atoms with Gasteiger partial charge in [0.05, 0.1) is 22.4 Å². The first-order chi connectivity index (χ1) is 14.5. The molecule has 0 saturated heterocycles. The minimum Gasteiger partial charge on any atom is -0.477 e. The average molecular weight is 422 g/mol. The van der Waals surface area contributed by atoms with Gasteiger partial charge in [0.1, 0.15) is 4.88 Å². The highest BCUT2D eigenvalue weighted by atomic mass is 32.1. The third kappa shape index (κ3) is 3.47. The molecule has 152 valence electrons. The lowest BCUT2D eigenvalue weighted by Gasteiger charge is -2.23. The Morgan fingerprint density at radius 3 is 2.60 bits per heavy atom. The van der Waals surface area contributed by atoms with Crippen molar-refractivity contribution in [3.8, 4) is 0 Å². The van der Waals surface area contributed by atoms with Gasteiger partial charge in [0, 0.05) is 31.6 Å². The summed E-state index contributed by atoms with van der Waals surface area (Å²) < 4.78 is 7.14. The summed E-state index contributed by atoms with van der Waals surface area (Å²) in [5, 5.41) is 10.0. The fraction of sp³-hybridized carbons (Fsp3) is 0.136. The van der Waals surface area contributed by atoms with Crippen molar-refractivity contribution in [1.29, 1.82) is 0 Å². The van der Waals surface area contributed by atoms with Gasteiger partial charge in [0.2, 0.25) is 0 Å². The van der Waals surface area contributed by atoms with E-state index in [0.717, 1.165) is 11.3 Å². The highest BCUT2D eigenvalue weighted by Gasteiger charge is 2.23. The van der Waals surface area contributed by atoms with Gasteiger partial charge in [-0.2, -0.15) is 0 Å². The quantitative estimate of drug-likeness (QED) is 0.514. The maximum atomic E-state index is 13.6. The van der Waals surface area contributed by atoms with Crippen LogP contribution in [0, 0.1) is 0 Å². The summed E-state index contributed by atoms with van der Waals surface area (Å²) in [5.74, 6) is -1.35. The highest BCUT2D eigenvalue weighted by Crippen LogP contribution is 2.31. The zero-order valence-corrected chi connectivity index (χ0v) is 16.9. The van der Waals surface area contributed by atoms with E-state index in [0.29, 0.717) is 40.0 Å². The number of nitrogens with zero attached hydrogens (tertiary/aromatic N) is 2. The molecule has 7 nitrogen and oxygen atoms in total. The molecule has 3 heterocycles. The molecule has 0 fully saturated rings. The van der Waals surface area contributed by atoms with E-state index in [1.807, 2.05) is 30.3 Å². The molecule has 0 atom stereocenters. The molecule has 0 aliphatic heterocycles. The number of aromatic carboxylic acids is 1. The smallest absolute Gasteiger partial charge is 0.345 e. The Kier molecular flexibility index (Phi) is 5.35. The molecule has 0 radical (unpaired) electrons. The minimum atomic E-state index is -1.05. The van der Waals surface area contributed by atoms with Crippen molar-refractivity contribution in [2.24, 2.45) is 0 Å². The number of rotatable bonds is 6. The monoisotopic (exact) mass is 422 g/mol. The molecule has 4 rings (SSSR count). The van der Waals surface area contributed by atoms with Crippen LogP contribution in [0.25, 0.3) is 15.6 Å². The number of aromatic nitrogens is 1. The second-order valence-electron chi connectivity index (χ2n) is 6.61. The van der Waals surface area contributed by atoms with Gasteiger partial charge in [-0.15, -0.1) is 11.3 Å². The van der Waals surface area contributed by atoms with Crippen LogP contribution in [-0.2, 0) is 4.74 Å². The van der Waals surface area contributed by atoms with Crippen molar-refractivity contribution in [3.05, 3.63) is 81.6 Å². The van der Waals surface area contributed by atoms with Gasteiger partial charge in [0.25, 0.3) is 11.5 Å². The van der Waals surface area contributed by atoms with E-state index in [1.54, 1.807) is 30.3 Å². The van der Waals surface area contributed by atoms with Crippen molar-refractivity contribution in [1.82, 2.24) is 4.40 Å². The lowest BCUT2D eigenvalue weighted by atomic mass is 10.1. The molecule has 1 N–H and O–H groups in total. The minimum absolute atomic E-state index is 0.145. The van der Waals surface area contributed by atoms with Gasteiger partial charge in [-0.25, -0.2) is 4.79 Å². The second-order valence-corrected chi connectivity index (χ2v) is 7.66. The number of pyridine rings is 2. The van der Waals surface area contributed by atoms with Crippen LogP contribution in [0.3, 0.4) is 0 Å². The number of anilines is 1. The summed E-state index contributed by atoms with van der Waals surface area (Å²) in [5.41, 5.74) is 1.13. The third-order valence-corrected chi connectivity index (χ3v) is 5.92. The van der Waals surface area contributed by atoms with Crippen molar-refractivity contribution in [2.45, 2.75) is 0 Å². The van der Waals surface area contributed by atoms with Crippen LogP contribution in [0.1, 0.15) is 20.0 Å². The maximum absolute atomic E-state index is 13.6. The Balaban J connectivity index is 1.95. The first kappa shape index (κ1) is 19.8. The van der Waals surface area contributed by atoms with E-state index in [-0.39, 0.29) is 16.3 Å². The number of hydrogen-bond acceptors (Lipinski definition) is 5.